The van der Waals surface area contributed by atoms with Gasteiger partial charge in [0.25, 0.3) is 0 Å². The lowest BCUT2D eigenvalue weighted by molar-refractivity contribution is -0.151. The number of carbonyl (C=O) groups excluding carboxylic acids is 1. The molecular formula is C11H25O6PSi. The fraction of sp³-hybridized carbons (Fsp3) is 0.909. The predicted octanol–water partition coefficient (Wildman–Crippen LogP) is 3.34. The highest BCUT2D eigenvalue weighted by molar-refractivity contribution is 7.48. The Bertz CT molecular complexity index is 340. The quantitative estimate of drug-likeness (QED) is 0.505. The molecule has 8 heteroatoms. The van der Waals surface area contributed by atoms with Crippen molar-refractivity contribution in [3.63, 3.8) is 0 Å². The molecule has 0 spiro atoms. The Balaban J connectivity index is 4.90. The van der Waals surface area contributed by atoms with Gasteiger partial charge in [-0.3, -0.25) is 18.4 Å². The van der Waals surface area contributed by atoms with Crippen molar-refractivity contribution in [1.82, 2.24) is 0 Å². The molecular weight excluding hydrogens is 287 g/mol. The van der Waals surface area contributed by atoms with E-state index in [2.05, 4.69) is 0 Å². The normalized spacial score (nSPS) is 13.4. The van der Waals surface area contributed by atoms with Gasteiger partial charge in [0.05, 0.1) is 13.2 Å². The van der Waals surface area contributed by atoms with Crippen LogP contribution in [0.1, 0.15) is 27.7 Å². The van der Waals surface area contributed by atoms with E-state index in [1.807, 2.05) is 19.6 Å². The van der Waals surface area contributed by atoms with Crippen LogP contribution in [0.5, 0.6) is 0 Å². The van der Waals surface area contributed by atoms with Crippen molar-refractivity contribution >= 4 is 22.1 Å². The third-order valence-electron chi connectivity index (χ3n) is 1.80. The highest BCUT2D eigenvalue weighted by Gasteiger charge is 2.42. The summed E-state index contributed by atoms with van der Waals surface area (Å²) in [7, 11) is -5.79. The van der Waals surface area contributed by atoms with Crippen molar-refractivity contribution < 1.29 is 27.4 Å². The molecule has 0 aliphatic rings. The average Bonchev–Trinajstić information content (AvgIpc) is 2.13. The number of phosphoric acid groups is 1. The summed E-state index contributed by atoms with van der Waals surface area (Å²) in [5.74, 6) is -0.564. The summed E-state index contributed by atoms with van der Waals surface area (Å²) in [6.45, 7) is 12.3. The van der Waals surface area contributed by atoms with Crippen LogP contribution in [0.4, 0.5) is 0 Å². The van der Waals surface area contributed by atoms with E-state index in [-0.39, 0.29) is 13.2 Å². The lowest BCUT2D eigenvalue weighted by Gasteiger charge is -2.30. The van der Waals surface area contributed by atoms with E-state index in [4.69, 9.17) is 18.0 Å². The minimum Gasteiger partial charge on any atom is -0.518 e. The van der Waals surface area contributed by atoms with Gasteiger partial charge in [0.1, 0.15) is 0 Å². The first-order valence-electron chi connectivity index (χ1n) is 6.29. The number of phosphoric ester groups is 1. The van der Waals surface area contributed by atoms with Gasteiger partial charge in [-0.2, -0.15) is 0 Å². The predicted molar refractivity (Wildman–Crippen MR) is 75.5 cm³/mol. The Morgan fingerprint density at radius 1 is 1.11 bits per heavy atom. The third-order valence-corrected chi connectivity index (χ3v) is 4.43. The number of rotatable bonds is 8. The van der Waals surface area contributed by atoms with Crippen molar-refractivity contribution in [2.75, 3.05) is 13.2 Å². The first-order valence-corrected chi connectivity index (χ1v) is 11.2. The SMILES string of the molecule is CCOP(=O)(OCC)OC(C)(C)C(=O)O[Si](C)(C)C. The van der Waals surface area contributed by atoms with Gasteiger partial charge in [-0.05, 0) is 47.3 Å². The molecule has 0 atom stereocenters. The molecule has 0 aromatic rings. The van der Waals surface area contributed by atoms with Crippen LogP contribution in [0.2, 0.25) is 19.6 Å². The molecule has 0 rings (SSSR count). The van der Waals surface area contributed by atoms with Crippen molar-refractivity contribution in [3.05, 3.63) is 0 Å². The highest BCUT2D eigenvalue weighted by Crippen LogP contribution is 2.52. The second kappa shape index (κ2) is 6.99. The van der Waals surface area contributed by atoms with Crippen LogP contribution in [0.3, 0.4) is 0 Å². The van der Waals surface area contributed by atoms with E-state index in [0.717, 1.165) is 0 Å². The van der Waals surface area contributed by atoms with E-state index in [0.29, 0.717) is 0 Å². The van der Waals surface area contributed by atoms with Crippen LogP contribution in [0.15, 0.2) is 0 Å². The average molecular weight is 312 g/mol. The standard InChI is InChI=1S/C11H25O6PSi/c1-8-14-18(13,15-9-2)17-11(3,4)10(12)16-19(5,6)7/h8-9H2,1-7H3. The number of hydrogen-bond donors (Lipinski definition) is 0. The van der Waals surface area contributed by atoms with E-state index in [9.17, 15) is 9.36 Å². The van der Waals surface area contributed by atoms with Crippen LogP contribution in [0.25, 0.3) is 0 Å². The van der Waals surface area contributed by atoms with Crippen molar-refractivity contribution in [2.45, 2.75) is 52.9 Å². The molecule has 0 aromatic heterocycles. The van der Waals surface area contributed by atoms with Gasteiger partial charge in [-0.1, -0.05) is 0 Å². The molecule has 0 aromatic carbocycles. The highest BCUT2D eigenvalue weighted by atomic mass is 31.2. The zero-order valence-corrected chi connectivity index (χ0v) is 14.7. The summed E-state index contributed by atoms with van der Waals surface area (Å²) < 4.78 is 32.9. The monoisotopic (exact) mass is 312 g/mol. The van der Waals surface area contributed by atoms with Crippen LogP contribution in [-0.2, 0) is 27.4 Å². The van der Waals surface area contributed by atoms with Gasteiger partial charge < -0.3 is 4.43 Å². The lowest BCUT2D eigenvalue weighted by atomic mass is 10.1. The summed E-state index contributed by atoms with van der Waals surface area (Å²) in [5, 5.41) is 0. The molecule has 0 saturated heterocycles. The molecule has 0 bridgehead atoms. The molecule has 0 aliphatic heterocycles. The minimum atomic E-state index is -3.75. The summed E-state index contributed by atoms with van der Waals surface area (Å²) in [6.07, 6.45) is 0. The smallest absolute Gasteiger partial charge is 0.475 e. The van der Waals surface area contributed by atoms with Crippen LogP contribution in [-0.4, -0.2) is 33.1 Å². The summed E-state index contributed by atoms with van der Waals surface area (Å²) in [6, 6.07) is 0. The summed E-state index contributed by atoms with van der Waals surface area (Å²) >= 11 is 0. The number of carbonyl (C=O) groups is 1. The molecule has 0 unspecified atom stereocenters. The van der Waals surface area contributed by atoms with Gasteiger partial charge in [-0.15, -0.1) is 0 Å². The first kappa shape index (κ1) is 18.8. The third kappa shape index (κ3) is 7.22. The second-order valence-corrected chi connectivity index (χ2v) is 11.4. The van der Waals surface area contributed by atoms with Gasteiger partial charge in [0.15, 0.2) is 5.60 Å². The van der Waals surface area contributed by atoms with Crippen molar-refractivity contribution in [2.24, 2.45) is 0 Å². The molecule has 0 heterocycles. The Morgan fingerprint density at radius 2 is 1.53 bits per heavy atom. The Labute approximate surface area is 116 Å². The fourth-order valence-electron chi connectivity index (χ4n) is 1.12. The molecule has 0 radical (unpaired) electrons. The number of hydrogen-bond acceptors (Lipinski definition) is 6. The maximum Gasteiger partial charge on any atom is 0.475 e. The van der Waals surface area contributed by atoms with Gasteiger partial charge in [0, 0.05) is 0 Å². The van der Waals surface area contributed by atoms with Gasteiger partial charge in [-0.25, -0.2) is 4.57 Å². The molecule has 6 nitrogen and oxygen atoms in total. The van der Waals surface area contributed by atoms with Crippen LogP contribution >= 0.6 is 7.82 Å². The fourth-order valence-corrected chi connectivity index (χ4v) is 3.37. The topological polar surface area (TPSA) is 71.1 Å². The van der Waals surface area contributed by atoms with Crippen molar-refractivity contribution in [3.8, 4) is 0 Å². The first-order chi connectivity index (χ1) is 8.46. The zero-order chi connectivity index (χ0) is 15.3. The molecule has 0 saturated carbocycles. The Morgan fingerprint density at radius 3 is 1.84 bits per heavy atom. The van der Waals surface area contributed by atoms with Crippen molar-refractivity contribution in [1.29, 1.82) is 0 Å². The molecule has 0 aliphatic carbocycles. The largest absolute Gasteiger partial charge is 0.518 e. The molecule has 0 amide bonds. The minimum absolute atomic E-state index is 0.163. The Kier molecular flexibility index (Phi) is 6.92. The van der Waals surface area contributed by atoms with E-state index < -0.39 is 27.7 Å². The Hall–Kier alpha value is -0.203. The zero-order valence-electron chi connectivity index (χ0n) is 12.8. The molecule has 19 heavy (non-hydrogen) atoms. The lowest BCUT2D eigenvalue weighted by Crippen LogP contribution is -2.42. The van der Waals surface area contributed by atoms with E-state index in [1.165, 1.54) is 13.8 Å². The maximum absolute atomic E-state index is 12.2. The van der Waals surface area contributed by atoms with Crippen LogP contribution in [0, 0.1) is 0 Å². The van der Waals surface area contributed by atoms with E-state index >= 15 is 0 Å². The summed E-state index contributed by atoms with van der Waals surface area (Å²) in [4.78, 5) is 12.0. The maximum atomic E-state index is 12.2. The second-order valence-electron chi connectivity index (χ2n) is 5.39. The van der Waals surface area contributed by atoms with Gasteiger partial charge in [0.2, 0.25) is 8.32 Å². The van der Waals surface area contributed by atoms with Gasteiger partial charge >= 0.3 is 13.8 Å². The summed E-state index contributed by atoms with van der Waals surface area (Å²) in [5.41, 5.74) is -1.39. The molecule has 0 fully saturated rings. The van der Waals surface area contributed by atoms with E-state index in [1.54, 1.807) is 13.8 Å². The molecule has 114 valence electrons. The van der Waals surface area contributed by atoms with Crippen LogP contribution < -0.4 is 0 Å². The molecule has 0 N–H and O–H groups in total.